The number of rotatable bonds is 9. The number of unbranched alkanes of at least 4 members (excludes halogenated alkanes) is 1. The third-order valence-corrected chi connectivity index (χ3v) is 3.46. The van der Waals surface area contributed by atoms with Crippen molar-refractivity contribution in [3.63, 3.8) is 0 Å². The molecule has 19 heavy (non-hydrogen) atoms. The molecule has 1 heterocycles. The van der Waals surface area contributed by atoms with Gasteiger partial charge in [-0.15, -0.1) is 0 Å². The molecule has 0 aliphatic carbocycles. The summed E-state index contributed by atoms with van der Waals surface area (Å²) in [6.45, 7) is 12.0. The molecule has 0 spiro atoms. The van der Waals surface area contributed by atoms with E-state index in [0.717, 1.165) is 25.5 Å². The lowest BCUT2D eigenvalue weighted by atomic mass is 10.1. The predicted molar refractivity (Wildman–Crippen MR) is 83.7 cm³/mol. The summed E-state index contributed by atoms with van der Waals surface area (Å²) in [5.74, 6) is 1.11. The summed E-state index contributed by atoms with van der Waals surface area (Å²) in [4.78, 5) is 6.88. The molecule has 3 heteroatoms. The lowest BCUT2D eigenvalue weighted by Gasteiger charge is -2.23. The van der Waals surface area contributed by atoms with Crippen LogP contribution in [0, 0.1) is 0 Å². The van der Waals surface area contributed by atoms with E-state index in [9.17, 15) is 0 Å². The highest BCUT2D eigenvalue weighted by molar-refractivity contribution is 5.41. The van der Waals surface area contributed by atoms with Gasteiger partial charge in [0.15, 0.2) is 0 Å². The summed E-state index contributed by atoms with van der Waals surface area (Å²) in [7, 11) is 0. The fourth-order valence-electron chi connectivity index (χ4n) is 2.14. The van der Waals surface area contributed by atoms with Crippen LogP contribution < -0.4 is 10.2 Å². The van der Waals surface area contributed by atoms with Crippen molar-refractivity contribution in [2.45, 2.75) is 53.0 Å². The highest BCUT2D eigenvalue weighted by Crippen LogP contribution is 2.18. The van der Waals surface area contributed by atoms with Crippen molar-refractivity contribution < 1.29 is 0 Å². The van der Waals surface area contributed by atoms with Gasteiger partial charge in [-0.3, -0.25) is 0 Å². The molecular formula is C16H29N3. The van der Waals surface area contributed by atoms with E-state index in [4.69, 9.17) is 0 Å². The van der Waals surface area contributed by atoms with Crippen molar-refractivity contribution in [3.05, 3.63) is 23.9 Å². The largest absolute Gasteiger partial charge is 0.357 e. The van der Waals surface area contributed by atoms with Crippen molar-refractivity contribution in [2.24, 2.45) is 0 Å². The van der Waals surface area contributed by atoms with E-state index in [1.54, 1.807) is 0 Å². The minimum Gasteiger partial charge on any atom is -0.357 e. The van der Waals surface area contributed by atoms with Crippen LogP contribution in [0.4, 0.5) is 5.82 Å². The molecule has 0 aliphatic rings. The molecule has 1 rings (SSSR count). The number of nitrogens with one attached hydrogen (secondary N) is 1. The van der Waals surface area contributed by atoms with Gasteiger partial charge in [-0.25, -0.2) is 4.98 Å². The number of aromatic nitrogens is 1. The fraction of sp³-hybridized carbons (Fsp3) is 0.688. The third kappa shape index (κ3) is 5.19. The quantitative estimate of drug-likeness (QED) is 0.735. The van der Waals surface area contributed by atoms with Crippen molar-refractivity contribution in [1.29, 1.82) is 0 Å². The molecule has 0 saturated carbocycles. The standard InChI is InChI=1S/C16H29N3/c1-5-8-12-19(7-3)16-13-15(9-11-18-16)14(4)17-10-6-2/h9,11,13-14,17H,5-8,10,12H2,1-4H3. The second-order valence-corrected chi connectivity index (χ2v) is 5.06. The van der Waals surface area contributed by atoms with Crippen LogP contribution in [0.3, 0.4) is 0 Å². The van der Waals surface area contributed by atoms with Crippen LogP contribution >= 0.6 is 0 Å². The maximum absolute atomic E-state index is 4.52. The van der Waals surface area contributed by atoms with Gasteiger partial charge in [0.25, 0.3) is 0 Å². The minimum absolute atomic E-state index is 0.395. The van der Waals surface area contributed by atoms with Gasteiger partial charge in [0.1, 0.15) is 5.82 Å². The van der Waals surface area contributed by atoms with E-state index in [1.165, 1.54) is 24.8 Å². The second-order valence-electron chi connectivity index (χ2n) is 5.06. The summed E-state index contributed by atoms with van der Waals surface area (Å²) >= 11 is 0. The van der Waals surface area contributed by atoms with Crippen LogP contribution in [0.1, 0.15) is 58.6 Å². The Balaban J connectivity index is 2.73. The maximum atomic E-state index is 4.52. The molecule has 0 radical (unpaired) electrons. The zero-order valence-electron chi connectivity index (χ0n) is 12.9. The van der Waals surface area contributed by atoms with E-state index in [0.29, 0.717) is 6.04 Å². The van der Waals surface area contributed by atoms with Gasteiger partial charge >= 0.3 is 0 Å². The van der Waals surface area contributed by atoms with Crippen LogP contribution in [-0.2, 0) is 0 Å². The zero-order valence-corrected chi connectivity index (χ0v) is 12.9. The highest BCUT2D eigenvalue weighted by atomic mass is 15.2. The molecule has 0 aromatic carbocycles. The molecular weight excluding hydrogens is 234 g/mol. The molecule has 108 valence electrons. The summed E-state index contributed by atoms with van der Waals surface area (Å²) in [6, 6.07) is 4.74. The van der Waals surface area contributed by atoms with Crippen LogP contribution in [0.25, 0.3) is 0 Å². The van der Waals surface area contributed by atoms with Gasteiger partial charge < -0.3 is 10.2 Å². The number of hydrogen-bond donors (Lipinski definition) is 1. The zero-order chi connectivity index (χ0) is 14.1. The molecule has 1 atom stereocenters. The number of hydrogen-bond acceptors (Lipinski definition) is 3. The lowest BCUT2D eigenvalue weighted by molar-refractivity contribution is 0.570. The Kier molecular flexibility index (Phi) is 7.49. The van der Waals surface area contributed by atoms with E-state index in [1.807, 2.05) is 6.20 Å². The molecule has 1 unspecified atom stereocenters. The molecule has 0 saturated heterocycles. The molecule has 3 nitrogen and oxygen atoms in total. The summed E-state index contributed by atoms with van der Waals surface area (Å²) in [5.41, 5.74) is 1.33. The molecule has 1 aromatic rings. The van der Waals surface area contributed by atoms with Crippen molar-refractivity contribution in [2.75, 3.05) is 24.5 Å². The van der Waals surface area contributed by atoms with Gasteiger partial charge in [0.2, 0.25) is 0 Å². The first-order valence-electron chi connectivity index (χ1n) is 7.67. The van der Waals surface area contributed by atoms with E-state index >= 15 is 0 Å². The first-order valence-corrected chi connectivity index (χ1v) is 7.67. The normalized spacial score (nSPS) is 12.4. The first-order chi connectivity index (χ1) is 9.22. The van der Waals surface area contributed by atoms with Crippen LogP contribution in [0.2, 0.25) is 0 Å². The Bertz CT molecular complexity index is 352. The summed E-state index contributed by atoms with van der Waals surface area (Å²) in [6.07, 6.45) is 5.55. The van der Waals surface area contributed by atoms with E-state index < -0.39 is 0 Å². The van der Waals surface area contributed by atoms with Gasteiger partial charge in [0, 0.05) is 25.3 Å². The van der Waals surface area contributed by atoms with E-state index in [2.05, 4.69) is 55.0 Å². The minimum atomic E-state index is 0.395. The second kappa shape index (κ2) is 8.92. The van der Waals surface area contributed by atoms with Crippen LogP contribution in [0.15, 0.2) is 18.3 Å². The molecule has 1 aromatic heterocycles. The molecule has 1 N–H and O–H groups in total. The Morgan fingerprint density at radius 2 is 2.05 bits per heavy atom. The number of nitrogens with zero attached hydrogens (tertiary/aromatic N) is 2. The lowest BCUT2D eigenvalue weighted by Crippen LogP contribution is -2.25. The Morgan fingerprint density at radius 1 is 1.26 bits per heavy atom. The Morgan fingerprint density at radius 3 is 2.68 bits per heavy atom. The topological polar surface area (TPSA) is 28.2 Å². The Hall–Kier alpha value is -1.09. The van der Waals surface area contributed by atoms with E-state index in [-0.39, 0.29) is 0 Å². The van der Waals surface area contributed by atoms with Gasteiger partial charge in [0.05, 0.1) is 0 Å². The van der Waals surface area contributed by atoms with Crippen LogP contribution in [0.5, 0.6) is 0 Å². The highest BCUT2D eigenvalue weighted by Gasteiger charge is 2.09. The number of anilines is 1. The third-order valence-electron chi connectivity index (χ3n) is 3.46. The average Bonchev–Trinajstić information content (AvgIpc) is 2.46. The summed E-state index contributed by atoms with van der Waals surface area (Å²) < 4.78 is 0. The van der Waals surface area contributed by atoms with Crippen molar-refractivity contribution in [3.8, 4) is 0 Å². The van der Waals surface area contributed by atoms with Crippen molar-refractivity contribution >= 4 is 5.82 Å². The molecule has 0 aliphatic heterocycles. The van der Waals surface area contributed by atoms with Gasteiger partial charge in [-0.1, -0.05) is 20.3 Å². The van der Waals surface area contributed by atoms with Gasteiger partial charge in [-0.2, -0.15) is 0 Å². The van der Waals surface area contributed by atoms with Crippen LogP contribution in [-0.4, -0.2) is 24.6 Å². The number of pyridine rings is 1. The average molecular weight is 263 g/mol. The monoisotopic (exact) mass is 263 g/mol. The SMILES string of the molecule is CCCCN(CC)c1cc(C(C)NCCC)ccn1. The maximum Gasteiger partial charge on any atom is 0.128 e. The molecule has 0 amide bonds. The fourth-order valence-corrected chi connectivity index (χ4v) is 2.14. The Labute approximate surface area is 118 Å². The first kappa shape index (κ1) is 16.0. The van der Waals surface area contributed by atoms with Crippen molar-refractivity contribution in [1.82, 2.24) is 10.3 Å². The predicted octanol–water partition coefficient (Wildman–Crippen LogP) is 3.77. The smallest absolute Gasteiger partial charge is 0.128 e. The molecule has 0 bridgehead atoms. The van der Waals surface area contributed by atoms with Gasteiger partial charge in [-0.05, 0) is 50.9 Å². The summed E-state index contributed by atoms with van der Waals surface area (Å²) in [5, 5.41) is 3.53. The molecule has 0 fully saturated rings.